The van der Waals surface area contributed by atoms with Gasteiger partial charge >= 0.3 is 21.7 Å². The van der Waals surface area contributed by atoms with Gasteiger partial charge in [0, 0.05) is 0 Å². The van der Waals surface area contributed by atoms with Gasteiger partial charge in [-0.2, -0.15) is 12.1 Å². The Morgan fingerprint density at radius 2 is 0.909 bits per heavy atom. The van der Waals surface area contributed by atoms with Crippen molar-refractivity contribution < 1.29 is 56.0 Å². The maximum absolute atomic E-state index is 5.21. The maximum atomic E-state index is 5.21. The molecule has 0 unspecified atom stereocenters. The SMILES string of the molecule is CCc1cc2c(-c3ccc(OC)cc3)cccc2[cH-]1.CCc1cc2c(-c3ccc(OC)cc3)cccc2[cH-]1.[CH2-]C[CH2-].[Cl-].[Cl-].[Ti+2]. The molecular weight excluding hydrogens is 619 g/mol. The van der Waals surface area contributed by atoms with Gasteiger partial charge in [-0.05, 0) is 48.2 Å². The Morgan fingerprint density at radius 3 is 1.20 bits per heavy atom. The van der Waals surface area contributed by atoms with Gasteiger partial charge in [-0.1, -0.05) is 61.4 Å². The first-order valence-electron chi connectivity index (χ1n) is 14.3. The molecule has 6 aromatic rings. The van der Waals surface area contributed by atoms with E-state index in [1.807, 2.05) is 24.3 Å². The van der Waals surface area contributed by atoms with Crippen molar-refractivity contribution in [2.45, 2.75) is 33.1 Å². The van der Waals surface area contributed by atoms with E-state index in [0.29, 0.717) is 0 Å². The van der Waals surface area contributed by atoms with E-state index in [1.54, 1.807) is 14.2 Å². The Morgan fingerprint density at radius 1 is 0.568 bits per heavy atom. The van der Waals surface area contributed by atoms with Crippen molar-refractivity contribution >= 4 is 21.5 Å². The average Bonchev–Trinajstić information content (AvgIpc) is 3.66. The van der Waals surface area contributed by atoms with Crippen molar-refractivity contribution in [2.24, 2.45) is 0 Å². The zero-order valence-corrected chi connectivity index (χ0v) is 29.1. The largest absolute Gasteiger partial charge is 2.00 e. The predicted octanol–water partition coefficient (Wildman–Crippen LogP) is 4.64. The molecule has 0 heterocycles. The number of fused-ring (bicyclic) bond motifs is 2. The molecule has 44 heavy (non-hydrogen) atoms. The maximum Gasteiger partial charge on any atom is 2.00 e. The van der Waals surface area contributed by atoms with E-state index in [4.69, 9.17) is 9.47 Å². The second-order valence-corrected chi connectivity index (χ2v) is 9.86. The van der Waals surface area contributed by atoms with Crippen LogP contribution in [0.4, 0.5) is 0 Å². The molecule has 5 heteroatoms. The number of hydrogen-bond acceptors (Lipinski definition) is 2. The normalized spacial score (nSPS) is 9.77. The molecule has 0 aliphatic rings. The molecule has 0 N–H and O–H groups in total. The first-order chi connectivity index (χ1) is 20.0. The van der Waals surface area contributed by atoms with Gasteiger partial charge in [0.25, 0.3) is 0 Å². The molecule has 2 nitrogen and oxygen atoms in total. The van der Waals surface area contributed by atoms with Crippen molar-refractivity contribution in [2.75, 3.05) is 14.2 Å². The van der Waals surface area contributed by atoms with Crippen molar-refractivity contribution in [3.8, 4) is 33.8 Å². The van der Waals surface area contributed by atoms with Crippen molar-refractivity contribution in [3.05, 3.63) is 134 Å². The van der Waals surface area contributed by atoms with Gasteiger partial charge in [-0.3, -0.25) is 0 Å². The number of halogens is 2. The van der Waals surface area contributed by atoms with Crippen LogP contribution in [0.15, 0.2) is 109 Å². The smallest absolute Gasteiger partial charge is 1.00 e. The molecule has 0 radical (unpaired) electrons. The minimum Gasteiger partial charge on any atom is -1.00 e. The third kappa shape index (κ3) is 9.50. The van der Waals surface area contributed by atoms with E-state index < -0.39 is 0 Å². The van der Waals surface area contributed by atoms with Crippen LogP contribution in [0.1, 0.15) is 31.4 Å². The molecular formula is C39H40Cl2O2Ti-4. The Kier molecular flexibility index (Phi) is 17.2. The number of ether oxygens (including phenoxy) is 2. The van der Waals surface area contributed by atoms with E-state index >= 15 is 0 Å². The summed E-state index contributed by atoms with van der Waals surface area (Å²) in [6.07, 6.45) is 2.91. The molecule has 0 aliphatic heterocycles. The fourth-order valence-corrected chi connectivity index (χ4v) is 5.05. The molecule has 6 rings (SSSR count). The summed E-state index contributed by atoms with van der Waals surface area (Å²) in [5.41, 5.74) is 7.85. The summed E-state index contributed by atoms with van der Waals surface area (Å²) in [6.45, 7) is 11.1. The van der Waals surface area contributed by atoms with Crippen LogP contribution in [-0.2, 0) is 34.6 Å². The molecule has 0 aromatic heterocycles. The Labute approximate surface area is 291 Å². The standard InChI is InChI=1S/2C18H17O.C3H6.2ClH.Ti/c2*1-3-13-11-15-5-4-6-17(18(15)12-13)14-7-9-16(19-2)10-8-14;1-3-2;;;/h2*4-12H,3H2,1-2H3;1-3H2;2*1H;/q2*-1;-2;;;+2/p-2. The molecule has 0 fully saturated rings. The Balaban J connectivity index is 0.000000380. The monoisotopic (exact) mass is 658 g/mol. The Bertz CT molecular complexity index is 1540. The van der Waals surface area contributed by atoms with Crippen LogP contribution < -0.4 is 34.3 Å². The molecule has 0 spiro atoms. The van der Waals surface area contributed by atoms with E-state index in [9.17, 15) is 0 Å². The molecule has 0 saturated heterocycles. The van der Waals surface area contributed by atoms with E-state index in [-0.39, 0.29) is 46.5 Å². The summed E-state index contributed by atoms with van der Waals surface area (Å²) in [6, 6.07) is 38.7. The number of aryl methyl sites for hydroxylation is 2. The molecule has 0 amide bonds. The van der Waals surface area contributed by atoms with Gasteiger partial charge in [0.05, 0.1) is 14.2 Å². The fourth-order valence-electron chi connectivity index (χ4n) is 5.05. The third-order valence-corrected chi connectivity index (χ3v) is 7.24. The zero-order valence-electron chi connectivity index (χ0n) is 26.0. The minimum atomic E-state index is 0. The van der Waals surface area contributed by atoms with Crippen LogP contribution in [0.3, 0.4) is 0 Å². The van der Waals surface area contributed by atoms with E-state index in [2.05, 4.69) is 113 Å². The number of hydrogen-bond donors (Lipinski definition) is 0. The number of rotatable bonds is 6. The summed E-state index contributed by atoms with van der Waals surface area (Å²) < 4.78 is 10.4. The van der Waals surface area contributed by atoms with Gasteiger partial charge in [-0.25, -0.2) is 0 Å². The summed E-state index contributed by atoms with van der Waals surface area (Å²) in [5.74, 6) is 1.79. The van der Waals surface area contributed by atoms with Gasteiger partial charge in [0.1, 0.15) is 11.5 Å². The fraction of sp³-hybridized carbons (Fsp3) is 0.179. The predicted molar refractivity (Wildman–Crippen MR) is 177 cm³/mol. The first kappa shape index (κ1) is 39.0. The van der Waals surface area contributed by atoms with Crippen LogP contribution in [0, 0.1) is 13.8 Å². The first-order valence-corrected chi connectivity index (χ1v) is 14.3. The van der Waals surface area contributed by atoms with Gasteiger partial charge in [-0.15, -0.1) is 69.1 Å². The van der Waals surface area contributed by atoms with E-state index in [0.717, 1.165) is 30.8 Å². The van der Waals surface area contributed by atoms with Crippen LogP contribution >= 0.6 is 0 Å². The summed E-state index contributed by atoms with van der Waals surface area (Å²) in [5, 5.41) is 5.32. The van der Waals surface area contributed by atoms with E-state index in [1.165, 1.54) is 54.9 Å². The summed E-state index contributed by atoms with van der Waals surface area (Å²) in [4.78, 5) is 0. The second kappa shape index (κ2) is 19.4. The Hall–Kier alpha value is -3.01. The quantitative estimate of drug-likeness (QED) is 0.192. The molecule has 6 aromatic carbocycles. The minimum absolute atomic E-state index is 0. The van der Waals surface area contributed by atoms with Crippen LogP contribution in [-0.4, -0.2) is 14.2 Å². The third-order valence-electron chi connectivity index (χ3n) is 7.24. The van der Waals surface area contributed by atoms with Gasteiger partial charge < -0.3 is 54.6 Å². The van der Waals surface area contributed by atoms with Crippen molar-refractivity contribution in [1.82, 2.24) is 0 Å². The average molecular weight is 660 g/mol. The van der Waals surface area contributed by atoms with Crippen molar-refractivity contribution in [1.29, 1.82) is 0 Å². The second-order valence-electron chi connectivity index (χ2n) is 9.86. The molecule has 230 valence electrons. The number of methoxy groups -OCH3 is 2. The molecule has 0 bridgehead atoms. The van der Waals surface area contributed by atoms with Gasteiger partial charge in [0.2, 0.25) is 0 Å². The summed E-state index contributed by atoms with van der Waals surface area (Å²) >= 11 is 0. The van der Waals surface area contributed by atoms with Crippen molar-refractivity contribution in [3.63, 3.8) is 0 Å². The molecule has 0 atom stereocenters. The molecule has 0 aliphatic carbocycles. The van der Waals surface area contributed by atoms with Crippen LogP contribution in [0.25, 0.3) is 43.8 Å². The van der Waals surface area contributed by atoms with Crippen LogP contribution in [0.2, 0.25) is 0 Å². The number of benzene rings is 4. The molecule has 0 saturated carbocycles. The summed E-state index contributed by atoms with van der Waals surface area (Å²) in [7, 11) is 3.39. The van der Waals surface area contributed by atoms with Gasteiger partial charge in [0.15, 0.2) is 0 Å². The zero-order chi connectivity index (χ0) is 29.2. The van der Waals surface area contributed by atoms with Crippen LogP contribution in [0.5, 0.6) is 11.5 Å². The topological polar surface area (TPSA) is 18.5 Å².